The summed E-state index contributed by atoms with van der Waals surface area (Å²) in [4.78, 5) is 33.4. The number of hydrogen-bond acceptors (Lipinski definition) is 6. The van der Waals surface area contributed by atoms with Gasteiger partial charge in [0.15, 0.2) is 0 Å². The minimum absolute atomic E-state index is 0.130. The van der Waals surface area contributed by atoms with Crippen LogP contribution in [0.2, 0.25) is 0 Å². The second-order valence-corrected chi connectivity index (χ2v) is 8.89. The first-order chi connectivity index (χ1) is 16.1. The third-order valence-corrected chi connectivity index (χ3v) is 6.69. The van der Waals surface area contributed by atoms with E-state index in [-0.39, 0.29) is 18.2 Å². The summed E-state index contributed by atoms with van der Waals surface area (Å²) in [7, 11) is 0. The molecule has 0 atom stereocenters. The van der Waals surface area contributed by atoms with Crippen LogP contribution in [0, 0.1) is 0 Å². The number of carbonyl (C=O) groups excluding carboxylic acids is 2. The number of H-pyrrole nitrogens is 1. The molecular weight excluding hydrogens is 420 g/mol. The highest BCUT2D eigenvalue weighted by atomic mass is 16.5. The third kappa shape index (κ3) is 5.68. The molecule has 1 aliphatic carbocycles. The fourth-order valence-electron chi connectivity index (χ4n) is 5.03. The van der Waals surface area contributed by atoms with Crippen LogP contribution >= 0.6 is 0 Å². The Hall–Kier alpha value is -2.58. The summed E-state index contributed by atoms with van der Waals surface area (Å²) in [6.45, 7) is 8.58. The fraction of sp³-hybridized carbons (Fsp3) is 0.600. The Morgan fingerprint density at radius 2 is 1.82 bits per heavy atom. The van der Waals surface area contributed by atoms with Gasteiger partial charge in [-0.15, -0.1) is 0 Å². The number of hydrogen-bond donors (Lipinski definition) is 2. The molecule has 1 aromatic heterocycles. The van der Waals surface area contributed by atoms with Crippen LogP contribution in [0.4, 0.5) is 5.69 Å². The van der Waals surface area contributed by atoms with Gasteiger partial charge in [0.1, 0.15) is 11.4 Å². The van der Waals surface area contributed by atoms with Gasteiger partial charge in [-0.3, -0.25) is 14.6 Å². The van der Waals surface area contributed by atoms with Crippen LogP contribution in [0.15, 0.2) is 18.2 Å². The van der Waals surface area contributed by atoms with E-state index in [2.05, 4.69) is 20.1 Å². The van der Waals surface area contributed by atoms with Crippen molar-refractivity contribution in [2.75, 3.05) is 51.3 Å². The van der Waals surface area contributed by atoms with Crippen molar-refractivity contribution in [2.45, 2.75) is 52.0 Å². The Balaban J connectivity index is 1.43. The largest absolute Gasteiger partial charge is 0.494 e. The first-order valence-electron chi connectivity index (χ1n) is 12.3. The number of amides is 1. The number of rotatable bonds is 8. The molecular formula is C25H36N4O4. The molecule has 0 unspecified atom stereocenters. The van der Waals surface area contributed by atoms with Crippen molar-refractivity contribution in [2.24, 2.45) is 0 Å². The second kappa shape index (κ2) is 11.0. The van der Waals surface area contributed by atoms with Gasteiger partial charge in [0, 0.05) is 43.1 Å². The molecule has 2 fully saturated rings. The van der Waals surface area contributed by atoms with Crippen LogP contribution in [0.25, 0.3) is 10.9 Å². The van der Waals surface area contributed by atoms with Crippen molar-refractivity contribution in [3.63, 3.8) is 0 Å². The van der Waals surface area contributed by atoms with Crippen LogP contribution < -0.4 is 10.1 Å². The minimum atomic E-state index is -0.483. The van der Waals surface area contributed by atoms with Crippen molar-refractivity contribution in [1.82, 2.24) is 14.8 Å². The van der Waals surface area contributed by atoms with Gasteiger partial charge in [-0.25, -0.2) is 4.79 Å². The zero-order valence-corrected chi connectivity index (χ0v) is 19.8. The van der Waals surface area contributed by atoms with E-state index < -0.39 is 5.97 Å². The fourth-order valence-corrected chi connectivity index (χ4v) is 5.03. The summed E-state index contributed by atoms with van der Waals surface area (Å²) >= 11 is 0. The maximum absolute atomic E-state index is 13.0. The zero-order valence-electron chi connectivity index (χ0n) is 19.8. The van der Waals surface area contributed by atoms with E-state index in [0.717, 1.165) is 37.1 Å². The van der Waals surface area contributed by atoms with E-state index in [1.54, 1.807) is 6.92 Å². The van der Waals surface area contributed by atoms with E-state index in [9.17, 15) is 9.59 Å². The highest BCUT2D eigenvalue weighted by molar-refractivity contribution is 6.11. The minimum Gasteiger partial charge on any atom is -0.494 e. The third-order valence-electron chi connectivity index (χ3n) is 6.69. The van der Waals surface area contributed by atoms with E-state index >= 15 is 0 Å². The molecule has 33 heavy (non-hydrogen) atoms. The molecule has 2 heterocycles. The lowest BCUT2D eigenvalue weighted by molar-refractivity contribution is -0.117. The van der Waals surface area contributed by atoms with Gasteiger partial charge in [-0.1, -0.05) is 19.3 Å². The van der Waals surface area contributed by atoms with Crippen molar-refractivity contribution < 1.29 is 19.1 Å². The van der Waals surface area contributed by atoms with E-state index in [4.69, 9.17) is 9.47 Å². The standard InChI is InChI=1S/C25H36N4O4/c1-3-32-19-10-11-21-20(16-19)23(24(26-21)25(31)33-4-2)27-22(30)17-28-12-14-29(15-13-28)18-8-6-5-7-9-18/h10-11,16,18,26H,3-9,12-15,17H2,1-2H3,(H,27,30). The average molecular weight is 457 g/mol. The van der Waals surface area contributed by atoms with Crippen LogP contribution in [-0.4, -0.2) is 78.6 Å². The Kier molecular flexibility index (Phi) is 7.88. The van der Waals surface area contributed by atoms with Crippen LogP contribution in [0.1, 0.15) is 56.4 Å². The number of esters is 1. The van der Waals surface area contributed by atoms with Gasteiger partial charge in [0.2, 0.25) is 5.91 Å². The monoisotopic (exact) mass is 456 g/mol. The number of aromatic nitrogens is 1. The SMILES string of the molecule is CCOC(=O)c1[nH]c2ccc(OCC)cc2c1NC(=O)CN1CCN(C2CCCCC2)CC1. The predicted molar refractivity (Wildman–Crippen MR) is 129 cm³/mol. The Labute approximate surface area is 195 Å². The lowest BCUT2D eigenvalue weighted by Crippen LogP contribution is -2.52. The maximum atomic E-state index is 13.0. The van der Waals surface area contributed by atoms with Gasteiger partial charge in [-0.05, 0) is 44.9 Å². The van der Waals surface area contributed by atoms with Crippen LogP contribution in [0.3, 0.4) is 0 Å². The summed E-state index contributed by atoms with van der Waals surface area (Å²) in [6, 6.07) is 6.25. The number of piperazine rings is 1. The molecule has 2 aliphatic rings. The summed E-state index contributed by atoms with van der Waals surface area (Å²) in [6.07, 6.45) is 6.66. The smallest absolute Gasteiger partial charge is 0.356 e. The molecule has 8 heteroatoms. The summed E-state index contributed by atoms with van der Waals surface area (Å²) in [5.74, 6) is 0.0752. The summed E-state index contributed by atoms with van der Waals surface area (Å²) in [5, 5.41) is 3.72. The molecule has 1 saturated heterocycles. The van der Waals surface area contributed by atoms with Gasteiger partial charge >= 0.3 is 5.97 Å². The lowest BCUT2D eigenvalue weighted by atomic mass is 9.94. The number of carbonyl (C=O) groups is 2. The topological polar surface area (TPSA) is 86.9 Å². The van der Waals surface area contributed by atoms with Gasteiger partial charge < -0.3 is 19.8 Å². The second-order valence-electron chi connectivity index (χ2n) is 8.89. The number of anilines is 1. The van der Waals surface area contributed by atoms with E-state index in [1.165, 1.54) is 32.1 Å². The summed E-state index contributed by atoms with van der Waals surface area (Å²) < 4.78 is 10.8. The molecule has 0 radical (unpaired) electrons. The average Bonchev–Trinajstić information content (AvgIpc) is 3.18. The first-order valence-corrected chi connectivity index (χ1v) is 12.3. The lowest BCUT2D eigenvalue weighted by Gasteiger charge is -2.40. The predicted octanol–water partition coefficient (Wildman–Crippen LogP) is 3.63. The molecule has 2 N–H and O–H groups in total. The molecule has 1 aromatic carbocycles. The van der Waals surface area contributed by atoms with Crippen molar-refractivity contribution in [1.29, 1.82) is 0 Å². The highest BCUT2D eigenvalue weighted by Gasteiger charge is 2.27. The molecule has 1 saturated carbocycles. The van der Waals surface area contributed by atoms with Crippen molar-refractivity contribution in [3.05, 3.63) is 23.9 Å². The number of fused-ring (bicyclic) bond motifs is 1. The van der Waals surface area contributed by atoms with Crippen LogP contribution in [0.5, 0.6) is 5.75 Å². The van der Waals surface area contributed by atoms with Crippen LogP contribution in [-0.2, 0) is 9.53 Å². The van der Waals surface area contributed by atoms with E-state index in [0.29, 0.717) is 30.6 Å². The summed E-state index contributed by atoms with van der Waals surface area (Å²) in [5.41, 5.74) is 1.46. The maximum Gasteiger partial charge on any atom is 0.356 e. The number of ether oxygens (including phenoxy) is 2. The van der Waals surface area contributed by atoms with Gasteiger partial charge in [0.05, 0.1) is 25.4 Å². The molecule has 1 amide bonds. The molecule has 1 aliphatic heterocycles. The normalized spacial score (nSPS) is 18.4. The molecule has 0 bridgehead atoms. The molecule has 2 aromatic rings. The van der Waals surface area contributed by atoms with Crippen molar-refractivity contribution in [3.8, 4) is 5.75 Å². The number of aromatic amines is 1. The highest BCUT2D eigenvalue weighted by Crippen LogP contribution is 2.32. The zero-order chi connectivity index (χ0) is 23.2. The molecule has 8 nitrogen and oxygen atoms in total. The Morgan fingerprint density at radius 3 is 2.52 bits per heavy atom. The number of nitrogens with zero attached hydrogens (tertiary/aromatic N) is 2. The molecule has 0 spiro atoms. The molecule has 180 valence electrons. The van der Waals surface area contributed by atoms with E-state index in [1.807, 2.05) is 25.1 Å². The Morgan fingerprint density at radius 1 is 1.06 bits per heavy atom. The van der Waals surface area contributed by atoms with Gasteiger partial charge in [-0.2, -0.15) is 0 Å². The number of benzene rings is 1. The first kappa shape index (κ1) is 23.6. The van der Waals surface area contributed by atoms with Gasteiger partial charge in [0.25, 0.3) is 0 Å². The quantitative estimate of drug-likeness (QED) is 0.590. The molecule has 4 rings (SSSR count). The van der Waals surface area contributed by atoms with Crippen molar-refractivity contribution >= 4 is 28.5 Å². The number of nitrogens with one attached hydrogen (secondary N) is 2. The Bertz CT molecular complexity index is 959.